The molecule has 0 saturated carbocycles. The first-order valence-electron chi connectivity index (χ1n) is 11.3. The van der Waals surface area contributed by atoms with E-state index < -0.39 is 28.0 Å². The molecule has 0 spiro atoms. The number of hydrogen-bond acceptors (Lipinski definition) is 6. The summed E-state index contributed by atoms with van der Waals surface area (Å²) >= 11 is 0. The Balaban J connectivity index is 1.66. The molecule has 1 heterocycles. The standard InChI is InChI=1S/C26H26N2O6S/c1-3-28(4-2)35(31,32)20-14-15-23(33-19-11-6-5-7-12-19)22(17-20)27-25(29)24-16-18-10-8-9-13-21(18)26(30)34-24/h5-15,17,24H,3-4,16H2,1-2H3,(H,27,29). The van der Waals surface area contributed by atoms with Gasteiger partial charge in [0.15, 0.2) is 11.9 Å². The highest BCUT2D eigenvalue weighted by atomic mass is 32.2. The molecule has 35 heavy (non-hydrogen) atoms. The van der Waals surface area contributed by atoms with Crippen LogP contribution in [0.15, 0.2) is 77.7 Å². The molecule has 0 aliphatic carbocycles. The number of esters is 1. The molecule has 1 aliphatic heterocycles. The number of ether oxygens (including phenoxy) is 2. The van der Waals surface area contributed by atoms with E-state index in [2.05, 4.69) is 5.32 Å². The summed E-state index contributed by atoms with van der Waals surface area (Å²) in [5, 5.41) is 2.72. The van der Waals surface area contributed by atoms with Crippen LogP contribution in [0.4, 0.5) is 5.69 Å². The number of fused-ring (bicyclic) bond motifs is 1. The van der Waals surface area contributed by atoms with Gasteiger partial charge in [-0.2, -0.15) is 4.31 Å². The van der Waals surface area contributed by atoms with Gasteiger partial charge in [0.25, 0.3) is 5.91 Å². The maximum Gasteiger partial charge on any atom is 0.339 e. The van der Waals surface area contributed by atoms with Crippen LogP contribution in [0.5, 0.6) is 11.5 Å². The number of hydrogen-bond donors (Lipinski definition) is 1. The largest absolute Gasteiger partial charge is 0.455 e. The van der Waals surface area contributed by atoms with Crippen molar-refractivity contribution in [3.05, 3.63) is 83.9 Å². The molecule has 1 aliphatic rings. The minimum Gasteiger partial charge on any atom is -0.455 e. The number of amides is 1. The number of cyclic esters (lactones) is 1. The van der Waals surface area contributed by atoms with Gasteiger partial charge in [-0.1, -0.05) is 50.2 Å². The molecule has 9 heteroatoms. The number of para-hydroxylation sites is 1. The second-order valence-electron chi connectivity index (χ2n) is 7.91. The number of carbonyl (C=O) groups excluding carboxylic acids is 2. The van der Waals surface area contributed by atoms with Gasteiger partial charge in [-0.15, -0.1) is 0 Å². The molecule has 8 nitrogen and oxygen atoms in total. The van der Waals surface area contributed by atoms with Crippen molar-refractivity contribution in [3.63, 3.8) is 0 Å². The van der Waals surface area contributed by atoms with E-state index >= 15 is 0 Å². The molecule has 0 saturated heterocycles. The summed E-state index contributed by atoms with van der Waals surface area (Å²) in [4.78, 5) is 25.5. The molecule has 0 bridgehead atoms. The summed E-state index contributed by atoms with van der Waals surface area (Å²) in [6.45, 7) is 4.12. The fourth-order valence-electron chi connectivity index (χ4n) is 3.88. The fourth-order valence-corrected chi connectivity index (χ4v) is 5.36. The number of nitrogens with one attached hydrogen (secondary N) is 1. The Kier molecular flexibility index (Phi) is 7.18. The number of nitrogens with zero attached hydrogens (tertiary/aromatic N) is 1. The second-order valence-corrected chi connectivity index (χ2v) is 9.84. The molecular formula is C26H26N2O6S. The third-order valence-corrected chi connectivity index (χ3v) is 7.75. The Morgan fingerprint density at radius 3 is 2.43 bits per heavy atom. The van der Waals surface area contributed by atoms with Gasteiger partial charge in [0.2, 0.25) is 10.0 Å². The zero-order valence-corrected chi connectivity index (χ0v) is 20.2. The zero-order chi connectivity index (χ0) is 25.0. The molecule has 182 valence electrons. The fraction of sp³-hybridized carbons (Fsp3) is 0.231. The minimum absolute atomic E-state index is 0.0166. The number of sulfonamides is 1. The summed E-state index contributed by atoms with van der Waals surface area (Å²) in [7, 11) is -3.78. The van der Waals surface area contributed by atoms with Crippen molar-refractivity contribution >= 4 is 27.6 Å². The van der Waals surface area contributed by atoms with Crippen LogP contribution in [0.25, 0.3) is 0 Å². The van der Waals surface area contributed by atoms with Gasteiger partial charge in [0.1, 0.15) is 5.75 Å². The number of carbonyl (C=O) groups is 2. The van der Waals surface area contributed by atoms with Crippen molar-refractivity contribution in [1.29, 1.82) is 0 Å². The van der Waals surface area contributed by atoms with Crippen LogP contribution in [0.1, 0.15) is 29.8 Å². The SMILES string of the molecule is CCN(CC)S(=O)(=O)c1ccc(Oc2ccccc2)c(NC(=O)C2Cc3ccccc3C(=O)O2)c1. The Hall–Kier alpha value is -3.69. The molecule has 3 aromatic carbocycles. The van der Waals surface area contributed by atoms with Crippen LogP contribution in [0.2, 0.25) is 0 Å². The Bertz CT molecular complexity index is 1340. The summed E-state index contributed by atoms with van der Waals surface area (Å²) in [6.07, 6.45) is -0.856. The van der Waals surface area contributed by atoms with Crippen LogP contribution in [-0.4, -0.2) is 43.8 Å². The first-order chi connectivity index (χ1) is 16.8. The predicted octanol–water partition coefficient (Wildman–Crippen LogP) is 4.23. The van der Waals surface area contributed by atoms with Gasteiger partial charge >= 0.3 is 5.97 Å². The normalized spacial score (nSPS) is 15.3. The van der Waals surface area contributed by atoms with Gasteiger partial charge < -0.3 is 14.8 Å². The van der Waals surface area contributed by atoms with E-state index in [1.807, 2.05) is 6.07 Å². The predicted molar refractivity (Wildman–Crippen MR) is 131 cm³/mol. The lowest BCUT2D eigenvalue weighted by atomic mass is 9.98. The maximum absolute atomic E-state index is 13.1. The van der Waals surface area contributed by atoms with Gasteiger partial charge in [-0.25, -0.2) is 13.2 Å². The van der Waals surface area contributed by atoms with Gasteiger partial charge in [-0.3, -0.25) is 4.79 Å². The highest BCUT2D eigenvalue weighted by molar-refractivity contribution is 7.89. The number of anilines is 1. The van der Waals surface area contributed by atoms with Crippen LogP contribution in [-0.2, 0) is 26.0 Å². The smallest absolute Gasteiger partial charge is 0.339 e. The summed E-state index contributed by atoms with van der Waals surface area (Å²) in [5.41, 5.74) is 1.29. The van der Waals surface area contributed by atoms with Crippen molar-refractivity contribution in [2.45, 2.75) is 31.3 Å². The summed E-state index contributed by atoms with van der Waals surface area (Å²) < 4.78 is 38.8. The van der Waals surface area contributed by atoms with E-state index in [9.17, 15) is 18.0 Å². The highest BCUT2D eigenvalue weighted by Gasteiger charge is 2.32. The monoisotopic (exact) mass is 494 g/mol. The average molecular weight is 495 g/mol. The number of rotatable bonds is 8. The molecule has 1 atom stereocenters. The topological polar surface area (TPSA) is 102 Å². The highest BCUT2D eigenvalue weighted by Crippen LogP contribution is 2.33. The second kappa shape index (κ2) is 10.3. The van der Waals surface area contributed by atoms with Crippen LogP contribution in [0, 0.1) is 0 Å². The van der Waals surface area contributed by atoms with Crippen molar-refractivity contribution in [2.75, 3.05) is 18.4 Å². The Labute approximate surface area is 204 Å². The lowest BCUT2D eigenvalue weighted by molar-refractivity contribution is -0.125. The zero-order valence-electron chi connectivity index (χ0n) is 19.4. The van der Waals surface area contributed by atoms with E-state index in [0.29, 0.717) is 30.0 Å². The van der Waals surface area contributed by atoms with E-state index in [1.165, 1.54) is 22.5 Å². The molecule has 0 fully saturated rings. The van der Waals surface area contributed by atoms with Crippen molar-refractivity contribution in [1.82, 2.24) is 4.31 Å². The summed E-state index contributed by atoms with van der Waals surface area (Å²) in [6, 6.07) is 20.2. The lowest BCUT2D eigenvalue weighted by Crippen LogP contribution is -2.38. The molecule has 4 rings (SSSR count). The molecule has 1 amide bonds. The minimum atomic E-state index is -3.78. The van der Waals surface area contributed by atoms with Crippen molar-refractivity contribution < 1.29 is 27.5 Å². The Morgan fingerprint density at radius 2 is 1.71 bits per heavy atom. The first kappa shape index (κ1) is 24.4. The Morgan fingerprint density at radius 1 is 1.03 bits per heavy atom. The average Bonchev–Trinajstić information content (AvgIpc) is 2.86. The lowest BCUT2D eigenvalue weighted by Gasteiger charge is -2.24. The summed E-state index contributed by atoms with van der Waals surface area (Å²) in [5.74, 6) is -0.389. The van der Waals surface area contributed by atoms with Gasteiger partial charge in [0.05, 0.1) is 16.1 Å². The van der Waals surface area contributed by atoms with Crippen LogP contribution in [0.3, 0.4) is 0 Å². The molecular weight excluding hydrogens is 468 g/mol. The van der Waals surface area contributed by atoms with Gasteiger partial charge in [0, 0.05) is 19.5 Å². The molecule has 0 aromatic heterocycles. The van der Waals surface area contributed by atoms with Crippen molar-refractivity contribution in [2.24, 2.45) is 0 Å². The van der Waals surface area contributed by atoms with Crippen LogP contribution >= 0.6 is 0 Å². The van der Waals surface area contributed by atoms with E-state index in [0.717, 1.165) is 0 Å². The van der Waals surface area contributed by atoms with Gasteiger partial charge in [-0.05, 0) is 42.0 Å². The van der Waals surface area contributed by atoms with Crippen molar-refractivity contribution in [3.8, 4) is 11.5 Å². The van der Waals surface area contributed by atoms with Crippen LogP contribution < -0.4 is 10.1 Å². The quantitative estimate of drug-likeness (QED) is 0.470. The number of benzene rings is 3. The van der Waals surface area contributed by atoms with E-state index in [-0.39, 0.29) is 22.8 Å². The first-order valence-corrected chi connectivity index (χ1v) is 12.7. The third kappa shape index (κ3) is 5.21. The molecule has 1 N–H and O–H groups in total. The molecule has 1 unspecified atom stereocenters. The van der Waals surface area contributed by atoms with E-state index in [1.54, 1.807) is 62.4 Å². The maximum atomic E-state index is 13.1. The molecule has 3 aromatic rings. The molecule has 0 radical (unpaired) electrons. The third-order valence-electron chi connectivity index (χ3n) is 5.71. The van der Waals surface area contributed by atoms with E-state index in [4.69, 9.17) is 9.47 Å².